The Morgan fingerprint density at radius 1 is 1.50 bits per heavy atom. The number of carbonyl (C=O) groups is 1. The van der Waals surface area contributed by atoms with Crippen molar-refractivity contribution in [2.24, 2.45) is 0 Å². The number of carbonyl (C=O) groups excluding carboxylic acids is 1. The summed E-state index contributed by atoms with van der Waals surface area (Å²) in [5.41, 5.74) is 1.88. The molecule has 0 aromatic carbocycles. The van der Waals surface area contributed by atoms with Crippen molar-refractivity contribution >= 4 is 17.5 Å². The standard InChI is InChI=1S/C15H21ClN2O2/c1-4-6-14(19)18-8-7-12(16)11-9-13(20-5-2)10(3)17-15(11)18/h7-9,12,15,17H,4-6H2,1-3H3. The van der Waals surface area contributed by atoms with Gasteiger partial charge in [-0.1, -0.05) is 6.92 Å². The molecule has 5 heteroatoms. The van der Waals surface area contributed by atoms with Crippen LogP contribution < -0.4 is 5.32 Å². The van der Waals surface area contributed by atoms with Gasteiger partial charge in [-0.25, -0.2) is 0 Å². The van der Waals surface area contributed by atoms with Gasteiger partial charge in [0.1, 0.15) is 11.9 Å². The number of hydrogen-bond acceptors (Lipinski definition) is 3. The first kappa shape index (κ1) is 15.0. The minimum atomic E-state index is -0.221. The molecule has 2 aliphatic heterocycles. The normalized spacial score (nSPS) is 25.0. The molecular formula is C15H21ClN2O2. The molecule has 4 nitrogen and oxygen atoms in total. The maximum atomic E-state index is 12.2. The average molecular weight is 297 g/mol. The molecule has 20 heavy (non-hydrogen) atoms. The first-order valence-corrected chi connectivity index (χ1v) is 7.47. The first-order valence-electron chi connectivity index (χ1n) is 7.03. The zero-order valence-electron chi connectivity index (χ0n) is 12.1. The highest BCUT2D eigenvalue weighted by atomic mass is 35.5. The molecule has 2 unspecified atom stereocenters. The van der Waals surface area contributed by atoms with Gasteiger partial charge in [0, 0.05) is 12.6 Å². The van der Waals surface area contributed by atoms with Gasteiger partial charge in [0.2, 0.25) is 5.91 Å². The summed E-state index contributed by atoms with van der Waals surface area (Å²) in [6.45, 7) is 6.49. The molecule has 2 rings (SSSR count). The van der Waals surface area contributed by atoms with Crippen LogP contribution in [0.2, 0.25) is 0 Å². The first-order chi connectivity index (χ1) is 9.58. The number of fused-ring (bicyclic) bond motifs is 1. The van der Waals surface area contributed by atoms with Crippen molar-refractivity contribution in [1.29, 1.82) is 0 Å². The third-order valence-electron chi connectivity index (χ3n) is 3.40. The van der Waals surface area contributed by atoms with Crippen molar-refractivity contribution in [3.8, 4) is 0 Å². The van der Waals surface area contributed by atoms with E-state index in [2.05, 4.69) is 5.32 Å². The Hall–Kier alpha value is -1.42. The minimum absolute atomic E-state index is 0.100. The molecule has 0 saturated heterocycles. The summed E-state index contributed by atoms with van der Waals surface area (Å²) in [7, 11) is 0. The highest BCUT2D eigenvalue weighted by molar-refractivity contribution is 6.24. The van der Waals surface area contributed by atoms with Crippen LogP contribution >= 0.6 is 11.6 Å². The Bertz CT molecular complexity index is 482. The topological polar surface area (TPSA) is 41.6 Å². The van der Waals surface area contributed by atoms with Gasteiger partial charge in [-0.2, -0.15) is 0 Å². The van der Waals surface area contributed by atoms with Crippen LogP contribution in [-0.4, -0.2) is 29.0 Å². The van der Waals surface area contributed by atoms with Crippen molar-refractivity contribution < 1.29 is 9.53 Å². The lowest BCUT2D eigenvalue weighted by Crippen LogP contribution is -2.51. The highest BCUT2D eigenvalue weighted by Gasteiger charge is 2.34. The summed E-state index contributed by atoms with van der Waals surface area (Å²) in [5.74, 6) is 0.894. The quantitative estimate of drug-likeness (QED) is 0.811. The highest BCUT2D eigenvalue weighted by Crippen LogP contribution is 2.30. The Morgan fingerprint density at radius 3 is 2.90 bits per heavy atom. The van der Waals surface area contributed by atoms with Crippen LogP contribution in [0.4, 0.5) is 0 Å². The van der Waals surface area contributed by atoms with Crippen LogP contribution in [0.5, 0.6) is 0 Å². The number of amides is 1. The fourth-order valence-electron chi connectivity index (χ4n) is 2.40. The molecule has 0 aromatic heterocycles. The summed E-state index contributed by atoms with van der Waals surface area (Å²) in [4.78, 5) is 13.9. The van der Waals surface area contributed by atoms with Gasteiger partial charge >= 0.3 is 0 Å². The van der Waals surface area contributed by atoms with E-state index in [1.807, 2.05) is 32.9 Å². The number of rotatable bonds is 4. The van der Waals surface area contributed by atoms with Gasteiger partial charge in [0.05, 0.1) is 17.7 Å². The molecule has 0 aromatic rings. The van der Waals surface area contributed by atoms with Gasteiger partial charge in [-0.05, 0) is 38.0 Å². The molecule has 110 valence electrons. The zero-order chi connectivity index (χ0) is 14.7. The molecule has 2 atom stereocenters. The fourth-order valence-corrected chi connectivity index (χ4v) is 2.65. The van der Waals surface area contributed by atoms with E-state index in [-0.39, 0.29) is 17.5 Å². The lowest BCUT2D eigenvalue weighted by atomic mass is 9.99. The molecule has 0 radical (unpaired) electrons. The summed E-state index contributed by atoms with van der Waals surface area (Å²) < 4.78 is 5.59. The van der Waals surface area contributed by atoms with Gasteiger partial charge in [0.25, 0.3) is 0 Å². The Kier molecular flexibility index (Phi) is 4.76. The molecular weight excluding hydrogens is 276 g/mol. The SMILES string of the molecule is CCCC(=O)N1C=CC(Cl)C2=CC(OCC)=C(C)NC21. The van der Waals surface area contributed by atoms with Crippen molar-refractivity contribution in [3.63, 3.8) is 0 Å². The molecule has 1 amide bonds. The molecule has 0 fully saturated rings. The van der Waals surface area contributed by atoms with Crippen molar-refractivity contribution in [1.82, 2.24) is 10.2 Å². The molecule has 0 bridgehead atoms. The summed E-state index contributed by atoms with van der Waals surface area (Å²) in [6, 6.07) is 0. The van der Waals surface area contributed by atoms with Gasteiger partial charge in [-0.15, -0.1) is 11.6 Å². The maximum absolute atomic E-state index is 12.2. The third-order valence-corrected chi connectivity index (χ3v) is 3.80. The molecule has 0 aliphatic carbocycles. The van der Waals surface area contributed by atoms with Crippen molar-refractivity contribution in [3.05, 3.63) is 35.4 Å². The van der Waals surface area contributed by atoms with E-state index in [9.17, 15) is 4.79 Å². The second-order valence-corrected chi connectivity index (χ2v) is 5.38. The number of dihydropyridines is 1. The monoisotopic (exact) mass is 296 g/mol. The molecule has 1 N–H and O–H groups in total. The van der Waals surface area contributed by atoms with Crippen LogP contribution in [0.15, 0.2) is 35.4 Å². The van der Waals surface area contributed by atoms with Crippen LogP contribution in [0, 0.1) is 0 Å². The van der Waals surface area contributed by atoms with E-state index in [1.165, 1.54) is 0 Å². The number of hydrogen-bond donors (Lipinski definition) is 1. The Labute approximate surface area is 125 Å². The van der Waals surface area contributed by atoms with Crippen LogP contribution in [0.25, 0.3) is 0 Å². The average Bonchev–Trinajstić information content (AvgIpc) is 2.41. The molecule has 0 saturated carbocycles. The predicted molar refractivity (Wildman–Crippen MR) is 79.9 cm³/mol. The summed E-state index contributed by atoms with van der Waals surface area (Å²) in [6.07, 6.45) is 6.73. The second kappa shape index (κ2) is 6.35. The lowest BCUT2D eigenvalue weighted by Gasteiger charge is -2.39. The molecule has 2 aliphatic rings. The second-order valence-electron chi connectivity index (χ2n) is 4.91. The Balaban J connectivity index is 2.28. The molecule has 0 spiro atoms. The number of halogens is 1. The smallest absolute Gasteiger partial charge is 0.228 e. The number of allylic oxidation sites excluding steroid dienone is 3. The number of nitrogens with zero attached hydrogens (tertiary/aromatic N) is 1. The fraction of sp³-hybridized carbons (Fsp3) is 0.533. The van der Waals surface area contributed by atoms with Crippen LogP contribution in [-0.2, 0) is 9.53 Å². The van der Waals surface area contributed by atoms with Crippen LogP contribution in [0.1, 0.15) is 33.6 Å². The largest absolute Gasteiger partial charge is 0.492 e. The van der Waals surface area contributed by atoms with E-state index in [0.29, 0.717) is 13.0 Å². The number of nitrogens with one attached hydrogen (secondary N) is 1. The summed E-state index contributed by atoms with van der Waals surface area (Å²) in [5, 5.41) is 3.11. The van der Waals surface area contributed by atoms with Crippen molar-refractivity contribution in [2.45, 2.75) is 45.2 Å². The van der Waals surface area contributed by atoms with E-state index < -0.39 is 0 Å². The third kappa shape index (κ3) is 2.85. The maximum Gasteiger partial charge on any atom is 0.228 e. The van der Waals surface area contributed by atoms with Crippen LogP contribution in [0.3, 0.4) is 0 Å². The van der Waals surface area contributed by atoms with Crippen molar-refractivity contribution in [2.75, 3.05) is 6.61 Å². The van der Waals surface area contributed by atoms with E-state index in [0.717, 1.165) is 23.5 Å². The Morgan fingerprint density at radius 2 is 2.25 bits per heavy atom. The van der Waals surface area contributed by atoms with Gasteiger partial charge < -0.3 is 10.1 Å². The predicted octanol–water partition coefficient (Wildman–Crippen LogP) is 2.87. The summed E-state index contributed by atoms with van der Waals surface area (Å²) >= 11 is 6.34. The van der Waals surface area contributed by atoms with E-state index in [4.69, 9.17) is 16.3 Å². The number of alkyl halides is 1. The van der Waals surface area contributed by atoms with Gasteiger partial charge in [0.15, 0.2) is 0 Å². The lowest BCUT2D eigenvalue weighted by molar-refractivity contribution is -0.130. The number of ether oxygens (including phenoxy) is 1. The van der Waals surface area contributed by atoms with Gasteiger partial charge in [-0.3, -0.25) is 9.69 Å². The molecule has 2 heterocycles. The zero-order valence-corrected chi connectivity index (χ0v) is 12.9. The van der Waals surface area contributed by atoms with E-state index in [1.54, 1.807) is 11.1 Å². The minimum Gasteiger partial charge on any atom is -0.492 e. The van der Waals surface area contributed by atoms with E-state index >= 15 is 0 Å².